The van der Waals surface area contributed by atoms with Crippen molar-refractivity contribution in [3.05, 3.63) is 79.0 Å². The highest BCUT2D eigenvalue weighted by atomic mass is 31.2. The molecular weight excluding hydrogens is 399 g/mol. The number of benzene rings is 2. The predicted octanol–water partition coefficient (Wildman–Crippen LogP) is 6.23. The highest BCUT2D eigenvalue weighted by Crippen LogP contribution is 2.54. The van der Waals surface area contributed by atoms with Crippen molar-refractivity contribution in [2.75, 3.05) is 13.2 Å². The topological polar surface area (TPSA) is 62.1 Å². The van der Waals surface area contributed by atoms with Crippen LogP contribution in [-0.4, -0.2) is 22.8 Å². The predicted molar refractivity (Wildman–Crippen MR) is 118 cm³/mol. The van der Waals surface area contributed by atoms with Crippen LogP contribution >= 0.6 is 7.82 Å². The molecule has 154 valence electrons. The second kappa shape index (κ2) is 8.84. The molecule has 0 aliphatic rings. The monoisotopic (exact) mass is 422 g/mol. The SMILES string of the molecule is CCOP(=O)(OCC)Oc1c(-c2ccccc2)c(-c2ccccc2)n2ncccc12. The maximum Gasteiger partial charge on any atom is 0.530 e. The Hall–Kier alpha value is -2.92. The van der Waals surface area contributed by atoms with E-state index >= 15 is 0 Å². The molecule has 0 saturated carbocycles. The molecule has 2 aromatic heterocycles. The molecule has 0 fully saturated rings. The molecule has 7 heteroatoms. The van der Waals surface area contributed by atoms with E-state index < -0.39 is 7.82 Å². The summed E-state index contributed by atoms with van der Waals surface area (Å²) in [5.41, 5.74) is 4.17. The van der Waals surface area contributed by atoms with Gasteiger partial charge in [-0.25, -0.2) is 9.08 Å². The van der Waals surface area contributed by atoms with Gasteiger partial charge in [0.15, 0.2) is 5.75 Å². The van der Waals surface area contributed by atoms with E-state index in [4.69, 9.17) is 13.6 Å². The van der Waals surface area contributed by atoms with E-state index in [0.29, 0.717) is 11.3 Å². The van der Waals surface area contributed by atoms with Gasteiger partial charge in [0, 0.05) is 11.8 Å². The fourth-order valence-electron chi connectivity index (χ4n) is 3.41. The van der Waals surface area contributed by atoms with Crippen LogP contribution < -0.4 is 4.52 Å². The molecule has 0 aliphatic heterocycles. The Morgan fingerprint density at radius 2 is 1.43 bits per heavy atom. The summed E-state index contributed by atoms with van der Waals surface area (Å²) < 4.78 is 31.9. The van der Waals surface area contributed by atoms with Gasteiger partial charge in [-0.2, -0.15) is 5.10 Å². The van der Waals surface area contributed by atoms with E-state index in [1.54, 1.807) is 24.6 Å². The number of rotatable bonds is 8. The molecule has 0 aliphatic carbocycles. The normalized spacial score (nSPS) is 11.7. The summed E-state index contributed by atoms with van der Waals surface area (Å²) in [5.74, 6) is 0.415. The van der Waals surface area contributed by atoms with E-state index in [1.807, 2.05) is 72.8 Å². The lowest BCUT2D eigenvalue weighted by atomic mass is 10.0. The van der Waals surface area contributed by atoms with Crippen molar-refractivity contribution < 1.29 is 18.1 Å². The smallest absolute Gasteiger partial charge is 0.401 e. The van der Waals surface area contributed by atoms with Gasteiger partial charge in [0.2, 0.25) is 0 Å². The van der Waals surface area contributed by atoms with Crippen LogP contribution in [0.25, 0.3) is 27.9 Å². The van der Waals surface area contributed by atoms with Crippen LogP contribution in [0.15, 0.2) is 79.0 Å². The number of fused-ring (bicyclic) bond motifs is 1. The van der Waals surface area contributed by atoms with Crippen LogP contribution in [0.5, 0.6) is 5.75 Å². The van der Waals surface area contributed by atoms with E-state index in [1.165, 1.54) is 0 Å². The first-order valence-corrected chi connectivity index (χ1v) is 11.3. The Morgan fingerprint density at radius 3 is 2.03 bits per heavy atom. The molecule has 0 bridgehead atoms. The van der Waals surface area contributed by atoms with Gasteiger partial charge >= 0.3 is 7.82 Å². The summed E-state index contributed by atoms with van der Waals surface area (Å²) >= 11 is 0. The average molecular weight is 422 g/mol. The van der Waals surface area contributed by atoms with Crippen molar-refractivity contribution in [1.29, 1.82) is 0 Å². The van der Waals surface area contributed by atoms with Crippen LogP contribution in [0, 0.1) is 0 Å². The van der Waals surface area contributed by atoms with Gasteiger partial charge in [0.25, 0.3) is 0 Å². The first-order valence-electron chi connectivity index (χ1n) is 9.86. The first-order chi connectivity index (χ1) is 14.7. The van der Waals surface area contributed by atoms with Crippen LogP contribution in [-0.2, 0) is 13.6 Å². The van der Waals surface area contributed by atoms with Crippen molar-refractivity contribution in [3.63, 3.8) is 0 Å². The third-order valence-corrected chi connectivity index (χ3v) is 6.10. The third kappa shape index (κ3) is 3.90. The van der Waals surface area contributed by atoms with Crippen LogP contribution in [0.1, 0.15) is 13.8 Å². The lowest BCUT2D eigenvalue weighted by Gasteiger charge is -2.18. The first kappa shape index (κ1) is 20.4. The maximum absolute atomic E-state index is 13.3. The van der Waals surface area contributed by atoms with Crippen LogP contribution in [0.3, 0.4) is 0 Å². The summed E-state index contributed by atoms with van der Waals surface area (Å²) in [7, 11) is -3.81. The Labute approximate surface area is 175 Å². The molecule has 0 amide bonds. The van der Waals surface area contributed by atoms with Gasteiger partial charge in [0.05, 0.1) is 24.5 Å². The second-order valence-electron chi connectivity index (χ2n) is 6.48. The molecule has 6 nitrogen and oxygen atoms in total. The zero-order valence-corrected chi connectivity index (χ0v) is 17.8. The van der Waals surface area contributed by atoms with Gasteiger partial charge in [-0.15, -0.1) is 0 Å². The fourth-order valence-corrected chi connectivity index (χ4v) is 4.63. The fraction of sp³-hybridized carbons (Fsp3) is 0.174. The lowest BCUT2D eigenvalue weighted by molar-refractivity contribution is 0.168. The minimum Gasteiger partial charge on any atom is -0.401 e. The molecule has 4 rings (SSSR count). The molecule has 0 atom stereocenters. The van der Waals surface area contributed by atoms with Crippen molar-refractivity contribution in [2.24, 2.45) is 0 Å². The summed E-state index contributed by atoms with van der Waals surface area (Å²) in [4.78, 5) is 0. The number of hydrogen-bond donors (Lipinski definition) is 0. The molecule has 30 heavy (non-hydrogen) atoms. The Morgan fingerprint density at radius 1 is 0.833 bits per heavy atom. The molecule has 0 radical (unpaired) electrons. The molecular formula is C23H23N2O4P. The summed E-state index contributed by atoms with van der Waals surface area (Å²) in [6, 6.07) is 23.5. The van der Waals surface area contributed by atoms with Crippen molar-refractivity contribution in [1.82, 2.24) is 9.61 Å². The Bertz CT molecular complexity index is 1170. The molecule has 2 aromatic carbocycles. The summed E-state index contributed by atoms with van der Waals surface area (Å²) in [6.45, 7) is 3.91. The number of hydrogen-bond acceptors (Lipinski definition) is 5. The van der Waals surface area contributed by atoms with Gasteiger partial charge in [-0.1, -0.05) is 60.7 Å². The molecule has 4 aromatic rings. The van der Waals surface area contributed by atoms with E-state index in [-0.39, 0.29) is 13.2 Å². The standard InChI is InChI=1S/C23H23N2O4P/c1-3-27-30(26,28-4-2)29-23-20-16-11-17-24-25(20)22(19-14-9-6-10-15-19)21(23)18-12-7-5-8-13-18/h5-17H,3-4H2,1-2H3. The summed E-state index contributed by atoms with van der Waals surface area (Å²) in [6.07, 6.45) is 1.71. The second-order valence-corrected chi connectivity index (χ2v) is 8.07. The minimum absolute atomic E-state index is 0.202. The van der Waals surface area contributed by atoms with Crippen molar-refractivity contribution >= 4 is 13.3 Å². The van der Waals surface area contributed by atoms with Gasteiger partial charge in [-0.05, 0) is 31.5 Å². The molecule has 0 N–H and O–H groups in total. The van der Waals surface area contributed by atoms with E-state index in [0.717, 1.165) is 22.4 Å². The average Bonchev–Trinajstić information content (AvgIpc) is 3.09. The van der Waals surface area contributed by atoms with Crippen LogP contribution in [0.4, 0.5) is 0 Å². The Balaban J connectivity index is 2.03. The largest absolute Gasteiger partial charge is 0.530 e. The number of nitrogens with zero attached hydrogens (tertiary/aromatic N) is 2. The molecule has 2 heterocycles. The Kier molecular flexibility index (Phi) is 6.00. The highest BCUT2D eigenvalue weighted by molar-refractivity contribution is 7.49. The lowest BCUT2D eigenvalue weighted by Crippen LogP contribution is -2.03. The number of phosphoric ester groups is 1. The minimum atomic E-state index is -3.81. The van der Waals surface area contributed by atoms with E-state index in [2.05, 4.69) is 5.10 Å². The van der Waals surface area contributed by atoms with Crippen molar-refractivity contribution in [3.8, 4) is 28.1 Å². The van der Waals surface area contributed by atoms with E-state index in [9.17, 15) is 4.57 Å². The molecule has 0 spiro atoms. The van der Waals surface area contributed by atoms with Crippen molar-refractivity contribution in [2.45, 2.75) is 13.8 Å². The number of aromatic nitrogens is 2. The van der Waals surface area contributed by atoms with Gasteiger partial charge < -0.3 is 4.52 Å². The van der Waals surface area contributed by atoms with Gasteiger partial charge in [-0.3, -0.25) is 9.05 Å². The van der Waals surface area contributed by atoms with Crippen LogP contribution in [0.2, 0.25) is 0 Å². The quantitative estimate of drug-likeness (QED) is 0.315. The molecule has 0 unspecified atom stereocenters. The third-order valence-electron chi connectivity index (χ3n) is 4.55. The zero-order chi connectivity index (χ0) is 21.0. The maximum atomic E-state index is 13.3. The molecule has 0 saturated heterocycles. The summed E-state index contributed by atoms with van der Waals surface area (Å²) in [5, 5.41) is 4.55. The number of phosphoric acid groups is 1. The van der Waals surface area contributed by atoms with Gasteiger partial charge in [0.1, 0.15) is 5.52 Å². The highest BCUT2D eigenvalue weighted by Gasteiger charge is 2.33. The zero-order valence-electron chi connectivity index (χ0n) is 16.9.